The maximum absolute atomic E-state index is 11.6. The van der Waals surface area contributed by atoms with Gasteiger partial charge in [-0.15, -0.1) is 0 Å². The fourth-order valence-electron chi connectivity index (χ4n) is 1.30. The van der Waals surface area contributed by atoms with Crippen molar-refractivity contribution in [3.05, 3.63) is 47.2 Å². The molecule has 0 bridgehead atoms. The molecule has 0 radical (unpaired) electrons. The van der Waals surface area contributed by atoms with Gasteiger partial charge in [0.25, 0.3) is 0 Å². The zero-order valence-electron chi connectivity index (χ0n) is 11.0. The largest absolute Gasteiger partial charge is 0.459 e. The quantitative estimate of drug-likeness (QED) is 0.490. The number of nitrogens with zero attached hydrogens (tertiary/aromatic N) is 1. The van der Waals surface area contributed by atoms with Gasteiger partial charge in [0.1, 0.15) is 13.2 Å². The highest BCUT2D eigenvalue weighted by molar-refractivity contribution is 5.89. The van der Waals surface area contributed by atoms with Crippen molar-refractivity contribution < 1.29 is 19.1 Å². The first kappa shape index (κ1) is 15.2. The summed E-state index contributed by atoms with van der Waals surface area (Å²) in [6.07, 6.45) is 1.14. The predicted octanol–water partition coefficient (Wildman–Crippen LogP) is 1.12. The summed E-state index contributed by atoms with van der Waals surface area (Å²) in [4.78, 5) is 22.7. The van der Waals surface area contributed by atoms with Crippen LogP contribution in [0.1, 0.15) is 22.8 Å². The van der Waals surface area contributed by atoms with E-state index in [0.717, 1.165) is 6.08 Å². The first-order valence-electron chi connectivity index (χ1n) is 5.80. The van der Waals surface area contributed by atoms with Crippen LogP contribution in [0.2, 0.25) is 0 Å². The second kappa shape index (κ2) is 7.59. The van der Waals surface area contributed by atoms with Crippen LogP contribution in [-0.2, 0) is 14.3 Å². The molecule has 0 saturated carbocycles. The molecule has 0 atom stereocenters. The fraction of sp³-hybridized carbons (Fsp3) is 0.214. The van der Waals surface area contributed by atoms with E-state index in [9.17, 15) is 9.59 Å². The summed E-state index contributed by atoms with van der Waals surface area (Å²) in [7, 11) is 0. The molecule has 0 aliphatic heterocycles. The standard InChI is InChI=1S/C14H14N2O4/c1-10(16)7-13(17)19-5-6-20-14(18)12-4-2-3-11(8-12)9-15/h2-4,7-8H,5-6,16H2,1H3/b10-7+. The number of hydrogen-bond donors (Lipinski definition) is 1. The van der Waals surface area contributed by atoms with Gasteiger partial charge < -0.3 is 15.2 Å². The summed E-state index contributed by atoms with van der Waals surface area (Å²) in [6.45, 7) is 1.43. The normalized spacial score (nSPS) is 10.5. The third-order valence-electron chi connectivity index (χ3n) is 2.13. The van der Waals surface area contributed by atoms with E-state index in [1.807, 2.05) is 6.07 Å². The number of rotatable bonds is 5. The minimum atomic E-state index is -0.590. The molecule has 0 unspecified atom stereocenters. The second-order valence-corrected chi connectivity index (χ2v) is 3.88. The highest BCUT2D eigenvalue weighted by Crippen LogP contribution is 2.05. The monoisotopic (exact) mass is 274 g/mol. The van der Waals surface area contributed by atoms with Gasteiger partial charge in [0, 0.05) is 11.8 Å². The lowest BCUT2D eigenvalue weighted by molar-refractivity contribution is -0.138. The minimum Gasteiger partial charge on any atom is -0.459 e. The van der Waals surface area contributed by atoms with Gasteiger partial charge in [0.15, 0.2) is 0 Å². The molecule has 0 amide bonds. The van der Waals surface area contributed by atoms with Gasteiger partial charge in [-0.1, -0.05) is 6.07 Å². The summed E-state index contributed by atoms with van der Waals surface area (Å²) in [5.74, 6) is -1.17. The molecule has 1 aromatic rings. The molecule has 0 saturated heterocycles. The van der Waals surface area contributed by atoms with Crippen LogP contribution in [-0.4, -0.2) is 25.2 Å². The Balaban J connectivity index is 2.39. The van der Waals surface area contributed by atoms with E-state index < -0.39 is 11.9 Å². The summed E-state index contributed by atoms with van der Waals surface area (Å²) in [5.41, 5.74) is 6.27. The summed E-state index contributed by atoms with van der Waals surface area (Å²) in [6, 6.07) is 8.06. The average Bonchev–Trinajstić information content (AvgIpc) is 2.42. The third-order valence-corrected chi connectivity index (χ3v) is 2.13. The van der Waals surface area contributed by atoms with Crippen molar-refractivity contribution in [2.45, 2.75) is 6.92 Å². The molecule has 104 valence electrons. The number of hydrogen-bond acceptors (Lipinski definition) is 6. The van der Waals surface area contributed by atoms with E-state index in [2.05, 4.69) is 0 Å². The van der Waals surface area contributed by atoms with Crippen molar-refractivity contribution in [3.63, 3.8) is 0 Å². The van der Waals surface area contributed by atoms with Gasteiger partial charge in [0.05, 0.1) is 17.2 Å². The minimum absolute atomic E-state index is 0.0632. The smallest absolute Gasteiger partial charge is 0.338 e. The molecule has 0 aliphatic rings. The van der Waals surface area contributed by atoms with Crippen LogP contribution in [0.25, 0.3) is 0 Å². The Morgan fingerprint density at radius 2 is 2.05 bits per heavy atom. The topological polar surface area (TPSA) is 102 Å². The molecule has 6 heteroatoms. The maximum atomic E-state index is 11.6. The number of allylic oxidation sites excluding steroid dienone is 1. The number of benzene rings is 1. The van der Waals surface area contributed by atoms with E-state index in [1.54, 1.807) is 19.1 Å². The molecule has 6 nitrogen and oxygen atoms in total. The Morgan fingerprint density at radius 1 is 1.35 bits per heavy atom. The Labute approximate surface area is 116 Å². The van der Waals surface area contributed by atoms with E-state index in [-0.39, 0.29) is 18.8 Å². The first-order valence-corrected chi connectivity index (χ1v) is 5.80. The van der Waals surface area contributed by atoms with Gasteiger partial charge in [-0.2, -0.15) is 5.26 Å². The number of nitrogens with two attached hydrogens (primary N) is 1. The lowest BCUT2D eigenvalue weighted by Gasteiger charge is -2.05. The molecule has 0 spiro atoms. The fourth-order valence-corrected chi connectivity index (χ4v) is 1.30. The lowest BCUT2D eigenvalue weighted by Crippen LogP contribution is -2.13. The highest BCUT2D eigenvalue weighted by atomic mass is 16.6. The zero-order valence-corrected chi connectivity index (χ0v) is 11.0. The van der Waals surface area contributed by atoms with E-state index in [0.29, 0.717) is 11.3 Å². The molecular formula is C14H14N2O4. The highest BCUT2D eigenvalue weighted by Gasteiger charge is 2.08. The van der Waals surface area contributed by atoms with Crippen molar-refractivity contribution in [3.8, 4) is 6.07 Å². The van der Waals surface area contributed by atoms with E-state index >= 15 is 0 Å². The number of nitriles is 1. The van der Waals surface area contributed by atoms with Crippen molar-refractivity contribution >= 4 is 11.9 Å². The van der Waals surface area contributed by atoms with Crippen molar-refractivity contribution in [1.82, 2.24) is 0 Å². The summed E-state index contributed by atoms with van der Waals surface area (Å²) in [5, 5.41) is 8.72. The van der Waals surface area contributed by atoms with Crippen LogP contribution in [0.3, 0.4) is 0 Å². The SMILES string of the molecule is C/C(N)=C\C(=O)OCCOC(=O)c1cccc(C#N)c1. The second-order valence-electron chi connectivity index (χ2n) is 3.88. The predicted molar refractivity (Wildman–Crippen MR) is 70.3 cm³/mol. The molecule has 2 N–H and O–H groups in total. The van der Waals surface area contributed by atoms with E-state index in [1.165, 1.54) is 12.1 Å². The van der Waals surface area contributed by atoms with Gasteiger partial charge >= 0.3 is 11.9 Å². The average molecular weight is 274 g/mol. The first-order chi connectivity index (χ1) is 9.52. The van der Waals surface area contributed by atoms with Crippen LogP contribution < -0.4 is 5.73 Å². The number of esters is 2. The molecule has 1 aromatic carbocycles. The molecule has 0 aliphatic carbocycles. The molecule has 0 heterocycles. The van der Waals surface area contributed by atoms with Gasteiger partial charge in [-0.3, -0.25) is 0 Å². The third kappa shape index (κ3) is 5.23. The van der Waals surface area contributed by atoms with Crippen molar-refractivity contribution in [2.24, 2.45) is 5.73 Å². The number of ether oxygens (including phenoxy) is 2. The zero-order chi connectivity index (χ0) is 15.0. The molecule has 0 fully saturated rings. The van der Waals surface area contributed by atoms with Gasteiger partial charge in [-0.25, -0.2) is 9.59 Å². The molecule has 1 rings (SSSR count). The van der Waals surface area contributed by atoms with Crippen LogP contribution in [0, 0.1) is 11.3 Å². The number of carbonyl (C=O) groups excluding carboxylic acids is 2. The Kier molecular flexibility index (Phi) is 5.78. The van der Waals surface area contributed by atoms with Crippen molar-refractivity contribution in [2.75, 3.05) is 13.2 Å². The summed E-state index contributed by atoms with van der Waals surface area (Å²) < 4.78 is 9.66. The van der Waals surface area contributed by atoms with Crippen LogP contribution in [0.4, 0.5) is 0 Å². The maximum Gasteiger partial charge on any atom is 0.338 e. The lowest BCUT2D eigenvalue weighted by atomic mass is 10.1. The van der Waals surface area contributed by atoms with Crippen LogP contribution >= 0.6 is 0 Å². The Hall–Kier alpha value is -2.81. The van der Waals surface area contributed by atoms with Crippen LogP contribution in [0.15, 0.2) is 36.0 Å². The van der Waals surface area contributed by atoms with Gasteiger partial charge in [0.2, 0.25) is 0 Å². The van der Waals surface area contributed by atoms with Crippen LogP contribution in [0.5, 0.6) is 0 Å². The summed E-state index contributed by atoms with van der Waals surface area (Å²) >= 11 is 0. The van der Waals surface area contributed by atoms with Gasteiger partial charge in [-0.05, 0) is 25.1 Å². The number of carbonyl (C=O) groups is 2. The Bertz CT molecular complexity index is 569. The molecular weight excluding hydrogens is 260 g/mol. The van der Waals surface area contributed by atoms with Crippen molar-refractivity contribution in [1.29, 1.82) is 5.26 Å². The van der Waals surface area contributed by atoms with E-state index in [4.69, 9.17) is 20.5 Å². The molecule has 20 heavy (non-hydrogen) atoms. The Morgan fingerprint density at radius 3 is 2.70 bits per heavy atom. The molecule has 0 aromatic heterocycles.